The van der Waals surface area contributed by atoms with E-state index >= 15 is 0 Å². The van der Waals surface area contributed by atoms with Gasteiger partial charge in [0.2, 0.25) is 5.91 Å². The molecule has 0 bridgehead atoms. The number of rotatable bonds is 5. The highest BCUT2D eigenvalue weighted by atomic mass is 35.5. The van der Waals surface area contributed by atoms with Crippen LogP contribution in [0.25, 0.3) is 0 Å². The molecule has 0 saturated carbocycles. The topological polar surface area (TPSA) is 55.8 Å². The number of ether oxygens (including phenoxy) is 2. The first-order valence-corrected chi connectivity index (χ1v) is 7.25. The smallest absolute Gasteiger partial charge is 0.328 e. The summed E-state index contributed by atoms with van der Waals surface area (Å²) >= 11 is 5.85. The molecule has 1 aliphatic heterocycles. The lowest BCUT2D eigenvalue weighted by atomic mass is 10.2. The number of hydrogen-bond donors (Lipinski definition) is 0. The summed E-state index contributed by atoms with van der Waals surface area (Å²) < 4.78 is 10.2. The van der Waals surface area contributed by atoms with Crippen molar-refractivity contribution in [3.63, 3.8) is 0 Å². The van der Waals surface area contributed by atoms with E-state index in [4.69, 9.17) is 21.1 Å². The van der Waals surface area contributed by atoms with Crippen molar-refractivity contribution in [1.29, 1.82) is 0 Å². The Morgan fingerprint density at radius 1 is 1.43 bits per heavy atom. The van der Waals surface area contributed by atoms with Crippen LogP contribution in [0.15, 0.2) is 24.3 Å². The molecule has 0 spiro atoms. The van der Waals surface area contributed by atoms with Crippen molar-refractivity contribution in [1.82, 2.24) is 4.90 Å². The third-order valence-corrected chi connectivity index (χ3v) is 3.66. The van der Waals surface area contributed by atoms with Crippen LogP contribution >= 0.6 is 11.6 Å². The predicted molar refractivity (Wildman–Crippen MR) is 78.3 cm³/mol. The fourth-order valence-electron chi connectivity index (χ4n) is 2.40. The molecule has 5 nitrogen and oxygen atoms in total. The van der Waals surface area contributed by atoms with Gasteiger partial charge in [-0.25, -0.2) is 4.79 Å². The molecular formula is C15H18ClNO4. The number of hydrogen-bond acceptors (Lipinski definition) is 4. The second kappa shape index (κ2) is 7.31. The molecule has 0 aliphatic carbocycles. The second-order valence-electron chi connectivity index (χ2n) is 4.82. The fraction of sp³-hybridized carbons (Fsp3) is 0.467. The molecule has 1 amide bonds. The molecule has 1 aliphatic rings. The zero-order chi connectivity index (χ0) is 15.2. The highest BCUT2D eigenvalue weighted by molar-refractivity contribution is 6.30. The van der Waals surface area contributed by atoms with E-state index in [0.29, 0.717) is 23.7 Å². The van der Waals surface area contributed by atoms with Crippen LogP contribution in [0.3, 0.4) is 0 Å². The molecule has 1 atom stereocenters. The normalized spacial score (nSPS) is 17.6. The summed E-state index contributed by atoms with van der Waals surface area (Å²) in [6, 6.07) is 6.56. The summed E-state index contributed by atoms with van der Waals surface area (Å²) in [7, 11) is 1.34. The Labute approximate surface area is 128 Å². The van der Waals surface area contributed by atoms with Crippen LogP contribution in [-0.2, 0) is 14.3 Å². The van der Waals surface area contributed by atoms with E-state index in [1.165, 1.54) is 7.11 Å². The van der Waals surface area contributed by atoms with Gasteiger partial charge in [-0.3, -0.25) is 4.79 Å². The van der Waals surface area contributed by atoms with Gasteiger partial charge in [-0.2, -0.15) is 0 Å². The Kier molecular flexibility index (Phi) is 5.44. The minimum absolute atomic E-state index is 0.0927. The van der Waals surface area contributed by atoms with Crippen molar-refractivity contribution >= 4 is 23.5 Å². The largest absolute Gasteiger partial charge is 0.493 e. The minimum atomic E-state index is -0.450. The molecule has 0 aromatic heterocycles. The summed E-state index contributed by atoms with van der Waals surface area (Å²) in [5.74, 6) is 0.183. The van der Waals surface area contributed by atoms with E-state index in [9.17, 15) is 9.59 Å². The lowest BCUT2D eigenvalue weighted by molar-refractivity contribution is -0.151. The highest BCUT2D eigenvalue weighted by Gasteiger charge is 2.34. The maximum atomic E-state index is 12.1. The van der Waals surface area contributed by atoms with Gasteiger partial charge in [-0.15, -0.1) is 0 Å². The van der Waals surface area contributed by atoms with Crippen LogP contribution in [0.1, 0.15) is 19.3 Å². The van der Waals surface area contributed by atoms with Gasteiger partial charge in [0.25, 0.3) is 0 Å². The average molecular weight is 312 g/mol. The average Bonchev–Trinajstić information content (AvgIpc) is 2.96. The number of esters is 1. The van der Waals surface area contributed by atoms with Crippen molar-refractivity contribution in [3.8, 4) is 5.75 Å². The minimum Gasteiger partial charge on any atom is -0.493 e. The number of benzene rings is 1. The number of likely N-dealkylation sites (tertiary alicyclic amines) is 1. The lowest BCUT2D eigenvalue weighted by Gasteiger charge is -2.22. The second-order valence-corrected chi connectivity index (χ2v) is 5.26. The molecule has 1 heterocycles. The van der Waals surface area contributed by atoms with Gasteiger partial charge in [0.15, 0.2) is 0 Å². The summed E-state index contributed by atoms with van der Waals surface area (Å²) in [5.41, 5.74) is 0. The zero-order valence-electron chi connectivity index (χ0n) is 11.9. The Balaban J connectivity index is 1.83. The van der Waals surface area contributed by atoms with Gasteiger partial charge < -0.3 is 14.4 Å². The quantitative estimate of drug-likeness (QED) is 0.783. The van der Waals surface area contributed by atoms with Gasteiger partial charge in [-0.1, -0.05) is 17.7 Å². The van der Waals surface area contributed by atoms with E-state index in [-0.39, 0.29) is 24.9 Å². The maximum Gasteiger partial charge on any atom is 0.328 e. The van der Waals surface area contributed by atoms with Gasteiger partial charge in [-0.05, 0) is 31.0 Å². The first-order valence-electron chi connectivity index (χ1n) is 6.87. The Bertz CT molecular complexity index is 520. The number of carbonyl (C=O) groups is 2. The van der Waals surface area contributed by atoms with E-state index in [1.54, 1.807) is 29.2 Å². The third kappa shape index (κ3) is 4.11. The molecule has 2 rings (SSSR count). The first kappa shape index (κ1) is 15.6. The number of nitrogens with zero attached hydrogens (tertiary/aromatic N) is 1. The van der Waals surface area contributed by atoms with Crippen molar-refractivity contribution in [2.75, 3.05) is 20.3 Å². The summed E-state index contributed by atoms with van der Waals surface area (Å²) in [5, 5.41) is 0.587. The number of halogens is 1. The van der Waals surface area contributed by atoms with Gasteiger partial charge in [0.1, 0.15) is 11.8 Å². The Morgan fingerprint density at radius 3 is 2.95 bits per heavy atom. The molecule has 1 fully saturated rings. The van der Waals surface area contributed by atoms with Crippen molar-refractivity contribution in [3.05, 3.63) is 29.3 Å². The monoisotopic (exact) mass is 311 g/mol. The molecular weight excluding hydrogens is 294 g/mol. The lowest BCUT2D eigenvalue weighted by Crippen LogP contribution is -2.41. The van der Waals surface area contributed by atoms with E-state index in [0.717, 1.165) is 6.42 Å². The van der Waals surface area contributed by atoms with Crippen LogP contribution in [0.5, 0.6) is 5.75 Å². The summed E-state index contributed by atoms with van der Waals surface area (Å²) in [6.45, 7) is 0.847. The van der Waals surface area contributed by atoms with Gasteiger partial charge >= 0.3 is 5.97 Å². The fourth-order valence-corrected chi connectivity index (χ4v) is 2.58. The van der Waals surface area contributed by atoms with Crippen LogP contribution < -0.4 is 4.74 Å². The molecule has 21 heavy (non-hydrogen) atoms. The van der Waals surface area contributed by atoms with Gasteiger partial charge in [0.05, 0.1) is 20.1 Å². The SMILES string of the molecule is COC(=O)C1CCCN1C(=O)CCOc1cccc(Cl)c1. The zero-order valence-corrected chi connectivity index (χ0v) is 12.6. The van der Waals surface area contributed by atoms with Crippen molar-refractivity contribution in [2.45, 2.75) is 25.3 Å². The summed E-state index contributed by atoms with van der Waals surface area (Å²) in [6.07, 6.45) is 1.70. The van der Waals surface area contributed by atoms with E-state index < -0.39 is 6.04 Å². The van der Waals surface area contributed by atoms with Crippen LogP contribution in [-0.4, -0.2) is 43.1 Å². The molecule has 114 valence electrons. The van der Waals surface area contributed by atoms with Crippen LogP contribution in [0.4, 0.5) is 0 Å². The van der Waals surface area contributed by atoms with Crippen molar-refractivity contribution < 1.29 is 19.1 Å². The maximum absolute atomic E-state index is 12.1. The molecule has 1 aromatic rings. The molecule has 1 aromatic carbocycles. The molecule has 0 radical (unpaired) electrons. The number of amides is 1. The molecule has 1 saturated heterocycles. The van der Waals surface area contributed by atoms with Crippen LogP contribution in [0, 0.1) is 0 Å². The highest BCUT2D eigenvalue weighted by Crippen LogP contribution is 2.20. The molecule has 6 heteroatoms. The number of methoxy groups -OCH3 is 1. The van der Waals surface area contributed by atoms with Gasteiger partial charge in [0, 0.05) is 11.6 Å². The Hall–Kier alpha value is -1.75. The molecule has 1 unspecified atom stereocenters. The van der Waals surface area contributed by atoms with Crippen molar-refractivity contribution in [2.24, 2.45) is 0 Å². The molecule has 0 N–H and O–H groups in total. The first-order chi connectivity index (χ1) is 10.1. The van der Waals surface area contributed by atoms with E-state index in [1.807, 2.05) is 0 Å². The third-order valence-electron chi connectivity index (χ3n) is 3.43. The predicted octanol–water partition coefficient (Wildman–Crippen LogP) is 2.27. The summed E-state index contributed by atoms with van der Waals surface area (Å²) in [4.78, 5) is 25.3. The van der Waals surface area contributed by atoms with E-state index in [2.05, 4.69) is 0 Å². The Morgan fingerprint density at radius 2 is 2.24 bits per heavy atom. The van der Waals surface area contributed by atoms with Crippen LogP contribution in [0.2, 0.25) is 5.02 Å². The standard InChI is InChI=1S/C15H18ClNO4/c1-20-15(19)13-6-3-8-17(13)14(18)7-9-21-12-5-2-4-11(16)10-12/h2,4-5,10,13H,3,6-9H2,1H3. The number of carbonyl (C=O) groups excluding carboxylic acids is 2.